The number of amides is 3. The summed E-state index contributed by atoms with van der Waals surface area (Å²) in [6.07, 6.45) is 0.236. The molecule has 2 aromatic rings. The maximum atomic E-state index is 15.4. The van der Waals surface area contributed by atoms with E-state index >= 15 is 4.39 Å². The number of hydrogen-bond acceptors (Lipinski definition) is 8. The van der Waals surface area contributed by atoms with Crippen molar-refractivity contribution >= 4 is 46.5 Å². The van der Waals surface area contributed by atoms with E-state index in [1.807, 2.05) is 13.8 Å². The Morgan fingerprint density at radius 2 is 1.83 bits per heavy atom. The summed E-state index contributed by atoms with van der Waals surface area (Å²) in [7, 11) is 1.21. The van der Waals surface area contributed by atoms with Crippen molar-refractivity contribution in [2.24, 2.45) is 5.92 Å². The number of alkyl carbamates (subject to hydrolysis) is 1. The van der Waals surface area contributed by atoms with Crippen molar-refractivity contribution in [3.63, 3.8) is 0 Å². The van der Waals surface area contributed by atoms with Crippen molar-refractivity contribution in [3.8, 4) is 0 Å². The number of carbonyl (C=O) groups is 3. The smallest absolute Gasteiger partial charge is 0.410 e. The molecule has 3 N–H and O–H groups in total. The molecule has 1 fully saturated rings. The van der Waals surface area contributed by atoms with Gasteiger partial charge in [-0.2, -0.15) is 0 Å². The highest BCUT2D eigenvalue weighted by molar-refractivity contribution is 7.79. The number of halogens is 2. The van der Waals surface area contributed by atoms with Gasteiger partial charge in [-0.3, -0.25) is 9.00 Å². The van der Waals surface area contributed by atoms with E-state index in [4.69, 9.17) is 21.1 Å². The molecule has 3 rings (SSSR count). The van der Waals surface area contributed by atoms with E-state index < -0.39 is 52.6 Å². The van der Waals surface area contributed by atoms with Crippen molar-refractivity contribution in [3.05, 3.63) is 64.4 Å². The Balaban J connectivity index is 1.80. The first-order valence-electron chi connectivity index (χ1n) is 16.1. The molecule has 0 aromatic heterocycles. The Morgan fingerprint density at radius 1 is 1.15 bits per heavy atom. The fourth-order valence-electron chi connectivity index (χ4n) is 5.91. The van der Waals surface area contributed by atoms with Crippen LogP contribution in [0.3, 0.4) is 0 Å². The summed E-state index contributed by atoms with van der Waals surface area (Å²) in [5.41, 5.74) is 0.601. The molecule has 266 valence electrons. The molecule has 3 unspecified atom stereocenters. The third kappa shape index (κ3) is 11.7. The van der Waals surface area contributed by atoms with Gasteiger partial charge in [-0.05, 0) is 82.2 Å². The molecule has 1 aliphatic rings. The fourth-order valence-corrected chi connectivity index (χ4v) is 6.43. The lowest BCUT2D eigenvalue weighted by atomic mass is 9.82. The second-order valence-corrected chi connectivity index (χ2v) is 14.7. The molecule has 0 bridgehead atoms. The Labute approximate surface area is 289 Å². The van der Waals surface area contributed by atoms with Gasteiger partial charge in [0.1, 0.15) is 17.5 Å². The van der Waals surface area contributed by atoms with Crippen LogP contribution in [0.4, 0.5) is 19.7 Å². The van der Waals surface area contributed by atoms with E-state index in [1.54, 1.807) is 56.0 Å². The minimum atomic E-state index is -2.17. The Kier molecular flexibility index (Phi) is 14.6. The number of carbonyl (C=O) groups excluding carboxylic acids is 3. The predicted molar refractivity (Wildman–Crippen MR) is 183 cm³/mol. The second kappa shape index (κ2) is 17.9. The van der Waals surface area contributed by atoms with Crippen LogP contribution in [0.25, 0.3) is 0 Å². The summed E-state index contributed by atoms with van der Waals surface area (Å²) in [6.45, 7) is 9.88. The summed E-state index contributed by atoms with van der Waals surface area (Å²) < 4.78 is 48.0. The minimum absolute atomic E-state index is 0.00249. The molecule has 2 aromatic carbocycles. The summed E-state index contributed by atoms with van der Waals surface area (Å²) in [5.74, 6) is -1.62. The molecule has 3 amide bonds. The van der Waals surface area contributed by atoms with Crippen molar-refractivity contribution in [2.45, 2.75) is 89.9 Å². The quantitative estimate of drug-likeness (QED) is 0.223. The van der Waals surface area contributed by atoms with Crippen LogP contribution in [-0.4, -0.2) is 81.4 Å². The van der Waals surface area contributed by atoms with E-state index in [9.17, 15) is 23.1 Å². The molecule has 11 nitrogen and oxygen atoms in total. The van der Waals surface area contributed by atoms with E-state index in [-0.39, 0.29) is 48.0 Å². The van der Waals surface area contributed by atoms with Crippen LogP contribution in [0.5, 0.6) is 0 Å². The maximum Gasteiger partial charge on any atom is 0.410 e. The van der Waals surface area contributed by atoms with Gasteiger partial charge in [0, 0.05) is 53.1 Å². The van der Waals surface area contributed by atoms with E-state index in [0.29, 0.717) is 30.8 Å². The number of hydrogen-bond donors (Lipinski definition) is 3. The molecular formula is C34H47ClFN4O7S-. The van der Waals surface area contributed by atoms with Crippen molar-refractivity contribution < 1.29 is 37.0 Å². The molecule has 1 heterocycles. The number of ether oxygens (including phenoxy) is 2. The average Bonchev–Trinajstić information content (AvgIpc) is 3.00. The van der Waals surface area contributed by atoms with Crippen LogP contribution in [0.15, 0.2) is 42.5 Å². The highest BCUT2D eigenvalue weighted by atomic mass is 35.5. The number of rotatable bonds is 13. The van der Waals surface area contributed by atoms with Gasteiger partial charge in [0.25, 0.3) is 0 Å². The summed E-state index contributed by atoms with van der Waals surface area (Å²) >= 11 is 3.93. The fraction of sp³-hybridized carbons (Fsp3) is 0.559. The van der Waals surface area contributed by atoms with Gasteiger partial charge in [0.15, 0.2) is 0 Å². The molecule has 14 heteroatoms. The van der Waals surface area contributed by atoms with Crippen LogP contribution in [0.1, 0.15) is 70.9 Å². The monoisotopic (exact) mass is 709 g/mol. The van der Waals surface area contributed by atoms with Crippen LogP contribution in [-0.2, 0) is 31.8 Å². The standard InChI is InChI=1S/C34H48ClFN4O7S/c1-21(2)29(22-12-14-23(35)15-13-22)30(39-32(42)46-6)31(41)38-28-11-7-10-27(36)26(28)17-16-24-20-40(33(43)47-34(3,4)5)25(19-37-24)9-8-18-48(44)45/h7,10-15,21,24-25,29-30,37H,8-9,16-20H2,1-6H3,(H,38,41)(H,39,42)(H,44,45)/p-1/t24?,25?,29-,30+/m1/s1. The lowest BCUT2D eigenvalue weighted by molar-refractivity contribution is -0.118. The largest absolute Gasteiger partial charge is 0.772 e. The summed E-state index contributed by atoms with van der Waals surface area (Å²) in [5, 5.41) is 9.45. The molecule has 0 saturated carbocycles. The number of methoxy groups -OCH3 is 1. The normalized spacial score (nSPS) is 18.5. The zero-order valence-electron chi connectivity index (χ0n) is 28.3. The van der Waals surface area contributed by atoms with Crippen molar-refractivity contribution in [2.75, 3.05) is 31.3 Å². The number of anilines is 1. The Bertz CT molecular complexity index is 1420. The highest BCUT2D eigenvalue weighted by Gasteiger charge is 2.36. The number of nitrogens with one attached hydrogen (secondary N) is 3. The molecular weight excluding hydrogens is 663 g/mol. The van der Waals surface area contributed by atoms with Gasteiger partial charge in [-0.25, -0.2) is 14.0 Å². The average molecular weight is 710 g/mol. The lowest BCUT2D eigenvalue weighted by Crippen LogP contribution is -2.59. The number of piperazine rings is 1. The van der Waals surface area contributed by atoms with Crippen LogP contribution in [0, 0.1) is 11.7 Å². The topological polar surface area (TPSA) is 149 Å². The van der Waals surface area contributed by atoms with Gasteiger partial charge in [0.05, 0.1) is 7.11 Å². The molecule has 48 heavy (non-hydrogen) atoms. The van der Waals surface area contributed by atoms with E-state index in [2.05, 4.69) is 16.0 Å². The SMILES string of the molecule is COC(=O)N[C@H](C(=O)Nc1cccc(F)c1CCC1CN(C(=O)OC(C)(C)C)C(CCCS(=O)[O-])CN1)[C@@H](c1ccc(Cl)cc1)C(C)C. The zero-order chi connectivity index (χ0) is 35.6. The summed E-state index contributed by atoms with van der Waals surface area (Å²) in [6, 6.07) is 9.89. The molecule has 0 spiro atoms. The van der Waals surface area contributed by atoms with E-state index in [0.717, 1.165) is 5.56 Å². The molecule has 1 aliphatic heterocycles. The van der Waals surface area contributed by atoms with E-state index in [1.165, 1.54) is 19.2 Å². The van der Waals surface area contributed by atoms with Crippen LogP contribution in [0.2, 0.25) is 5.02 Å². The third-order valence-corrected chi connectivity index (χ3v) is 9.04. The lowest BCUT2D eigenvalue weighted by Gasteiger charge is -2.41. The second-order valence-electron chi connectivity index (χ2n) is 13.3. The highest BCUT2D eigenvalue weighted by Crippen LogP contribution is 2.31. The predicted octanol–water partition coefficient (Wildman–Crippen LogP) is 5.75. The van der Waals surface area contributed by atoms with Gasteiger partial charge in [0.2, 0.25) is 5.91 Å². The zero-order valence-corrected chi connectivity index (χ0v) is 29.9. The van der Waals surface area contributed by atoms with Crippen molar-refractivity contribution in [1.29, 1.82) is 0 Å². The maximum absolute atomic E-state index is 15.4. The minimum Gasteiger partial charge on any atom is -0.772 e. The van der Waals surface area contributed by atoms with Crippen LogP contribution < -0.4 is 16.0 Å². The molecule has 1 saturated heterocycles. The summed E-state index contributed by atoms with van der Waals surface area (Å²) in [4.78, 5) is 41.0. The Morgan fingerprint density at radius 3 is 2.44 bits per heavy atom. The van der Waals surface area contributed by atoms with Crippen molar-refractivity contribution in [1.82, 2.24) is 15.5 Å². The third-order valence-electron chi connectivity index (χ3n) is 8.17. The van der Waals surface area contributed by atoms with Gasteiger partial charge >= 0.3 is 12.2 Å². The molecule has 5 atom stereocenters. The molecule has 0 radical (unpaired) electrons. The first-order chi connectivity index (χ1) is 22.6. The van der Waals surface area contributed by atoms with Gasteiger partial charge < -0.3 is 34.9 Å². The van der Waals surface area contributed by atoms with Gasteiger partial charge in [-0.1, -0.05) is 54.7 Å². The molecule has 0 aliphatic carbocycles. The first kappa shape index (κ1) is 39.2. The Hall–Kier alpha value is -3.26. The first-order valence-corrected chi connectivity index (χ1v) is 17.7. The number of nitrogens with zero attached hydrogens (tertiary/aromatic N) is 1. The van der Waals surface area contributed by atoms with Crippen LogP contribution >= 0.6 is 11.6 Å². The van der Waals surface area contributed by atoms with Gasteiger partial charge in [-0.15, -0.1) is 0 Å². The number of benzene rings is 2.